The molecule has 0 aliphatic heterocycles. The summed E-state index contributed by atoms with van der Waals surface area (Å²) in [7, 11) is 0. The first-order chi connectivity index (χ1) is 9.45. The Balaban J connectivity index is 2.07. The number of hydrogen-bond donors (Lipinski definition) is 2. The molecule has 20 heavy (non-hydrogen) atoms. The number of nitrogen functional groups attached to an aromatic ring is 1. The number of pyridine rings is 1. The van der Waals surface area contributed by atoms with E-state index >= 15 is 0 Å². The van der Waals surface area contributed by atoms with Gasteiger partial charge in [0, 0.05) is 0 Å². The fraction of sp³-hybridized carbons (Fsp3) is 0.250. The van der Waals surface area contributed by atoms with E-state index in [4.69, 9.17) is 5.73 Å². The molecule has 1 heterocycles. The molecular formula is C16H19N3O. The molecular weight excluding hydrogens is 250 g/mol. The lowest BCUT2D eigenvalue weighted by atomic mass is 10.0. The molecule has 2 rings (SSSR count). The maximum atomic E-state index is 12.0. The van der Waals surface area contributed by atoms with Gasteiger partial charge < -0.3 is 11.1 Å². The first-order valence-electron chi connectivity index (χ1n) is 6.54. The van der Waals surface area contributed by atoms with Gasteiger partial charge in [-0.3, -0.25) is 4.79 Å². The summed E-state index contributed by atoms with van der Waals surface area (Å²) in [6.45, 7) is 5.97. The molecule has 1 aromatic heterocycles. The SMILES string of the molecule is Cc1ccc(CC(=O)Nc2ncc(N)cc2C)cc1C. The zero-order valence-electron chi connectivity index (χ0n) is 12.0. The number of nitrogens with two attached hydrogens (primary N) is 1. The van der Waals surface area contributed by atoms with Crippen molar-refractivity contribution in [3.05, 3.63) is 52.7 Å². The summed E-state index contributed by atoms with van der Waals surface area (Å²) in [6, 6.07) is 7.84. The molecule has 0 atom stereocenters. The van der Waals surface area contributed by atoms with E-state index in [0.717, 1.165) is 11.1 Å². The number of carbonyl (C=O) groups is 1. The highest BCUT2D eigenvalue weighted by molar-refractivity contribution is 5.92. The zero-order valence-corrected chi connectivity index (χ0v) is 12.0. The van der Waals surface area contributed by atoms with Gasteiger partial charge in [-0.2, -0.15) is 0 Å². The summed E-state index contributed by atoms with van der Waals surface area (Å²) < 4.78 is 0. The van der Waals surface area contributed by atoms with Crippen molar-refractivity contribution in [1.29, 1.82) is 0 Å². The fourth-order valence-corrected chi connectivity index (χ4v) is 2.00. The molecule has 0 aliphatic rings. The summed E-state index contributed by atoms with van der Waals surface area (Å²) in [4.78, 5) is 16.2. The van der Waals surface area contributed by atoms with E-state index in [1.807, 2.05) is 32.0 Å². The van der Waals surface area contributed by atoms with Gasteiger partial charge >= 0.3 is 0 Å². The first-order valence-corrected chi connectivity index (χ1v) is 6.54. The van der Waals surface area contributed by atoms with Crippen LogP contribution in [0.5, 0.6) is 0 Å². The highest BCUT2D eigenvalue weighted by Crippen LogP contribution is 2.15. The number of carbonyl (C=O) groups excluding carboxylic acids is 1. The van der Waals surface area contributed by atoms with Crippen LogP contribution in [0.15, 0.2) is 30.5 Å². The summed E-state index contributed by atoms with van der Waals surface area (Å²) in [5, 5.41) is 2.81. The molecule has 0 saturated carbocycles. The van der Waals surface area contributed by atoms with Gasteiger partial charge in [-0.05, 0) is 49.1 Å². The molecule has 4 nitrogen and oxygen atoms in total. The summed E-state index contributed by atoms with van der Waals surface area (Å²) in [5.41, 5.74) is 10.5. The van der Waals surface area contributed by atoms with Gasteiger partial charge in [0.1, 0.15) is 5.82 Å². The molecule has 1 aromatic carbocycles. The number of rotatable bonds is 3. The standard InChI is InChI=1S/C16H19N3O/c1-10-4-5-13(6-11(10)2)8-15(20)19-16-12(3)7-14(17)9-18-16/h4-7,9H,8,17H2,1-3H3,(H,18,19,20). The molecule has 0 radical (unpaired) electrons. The Hall–Kier alpha value is -2.36. The average Bonchev–Trinajstić information content (AvgIpc) is 2.37. The van der Waals surface area contributed by atoms with Gasteiger partial charge in [-0.15, -0.1) is 0 Å². The predicted molar refractivity (Wildman–Crippen MR) is 81.6 cm³/mol. The highest BCUT2D eigenvalue weighted by atomic mass is 16.1. The second-order valence-corrected chi connectivity index (χ2v) is 5.08. The van der Waals surface area contributed by atoms with Crippen molar-refractivity contribution in [3.63, 3.8) is 0 Å². The normalized spacial score (nSPS) is 10.3. The maximum Gasteiger partial charge on any atom is 0.229 e. The van der Waals surface area contributed by atoms with E-state index < -0.39 is 0 Å². The number of amides is 1. The Bertz CT molecular complexity index is 650. The molecule has 0 saturated heterocycles. The van der Waals surface area contributed by atoms with E-state index in [2.05, 4.69) is 17.2 Å². The maximum absolute atomic E-state index is 12.0. The Morgan fingerprint density at radius 2 is 1.90 bits per heavy atom. The first kappa shape index (κ1) is 14.1. The van der Waals surface area contributed by atoms with E-state index in [1.54, 1.807) is 12.3 Å². The van der Waals surface area contributed by atoms with Gasteiger partial charge in [-0.25, -0.2) is 4.98 Å². The number of aromatic nitrogens is 1. The number of nitrogens with zero attached hydrogens (tertiary/aromatic N) is 1. The number of aryl methyl sites for hydroxylation is 3. The molecule has 104 valence electrons. The number of hydrogen-bond acceptors (Lipinski definition) is 3. The lowest BCUT2D eigenvalue weighted by Crippen LogP contribution is -2.16. The van der Waals surface area contributed by atoms with Crippen LogP contribution in [0.25, 0.3) is 0 Å². The second kappa shape index (κ2) is 5.74. The number of nitrogens with one attached hydrogen (secondary N) is 1. The molecule has 0 aliphatic carbocycles. The van der Waals surface area contributed by atoms with Crippen molar-refractivity contribution in [1.82, 2.24) is 4.98 Å². The summed E-state index contributed by atoms with van der Waals surface area (Å²) in [6.07, 6.45) is 1.88. The summed E-state index contributed by atoms with van der Waals surface area (Å²) >= 11 is 0. The Labute approximate surface area is 119 Å². The molecule has 0 fully saturated rings. The van der Waals surface area contributed by atoms with Crippen LogP contribution in [0.1, 0.15) is 22.3 Å². The third-order valence-electron chi connectivity index (χ3n) is 3.29. The Kier molecular flexibility index (Phi) is 4.03. The molecule has 3 N–H and O–H groups in total. The van der Waals surface area contributed by atoms with Crippen LogP contribution in [0.4, 0.5) is 11.5 Å². The molecule has 1 amide bonds. The van der Waals surface area contributed by atoms with Crippen LogP contribution in [0.3, 0.4) is 0 Å². The minimum atomic E-state index is -0.0753. The van der Waals surface area contributed by atoms with E-state index in [0.29, 0.717) is 17.9 Å². The minimum Gasteiger partial charge on any atom is -0.397 e. The van der Waals surface area contributed by atoms with Gasteiger partial charge in [0.25, 0.3) is 0 Å². The minimum absolute atomic E-state index is 0.0753. The van der Waals surface area contributed by atoms with Crippen molar-refractivity contribution in [2.75, 3.05) is 11.1 Å². The van der Waals surface area contributed by atoms with E-state index in [9.17, 15) is 4.79 Å². The predicted octanol–water partition coefficient (Wildman–Crippen LogP) is 2.77. The number of anilines is 2. The number of benzene rings is 1. The van der Waals surface area contributed by atoms with Crippen molar-refractivity contribution >= 4 is 17.4 Å². The lowest BCUT2D eigenvalue weighted by Gasteiger charge is -2.09. The van der Waals surface area contributed by atoms with Crippen LogP contribution in [-0.2, 0) is 11.2 Å². The second-order valence-electron chi connectivity index (χ2n) is 5.08. The highest BCUT2D eigenvalue weighted by Gasteiger charge is 2.08. The lowest BCUT2D eigenvalue weighted by molar-refractivity contribution is -0.115. The fourth-order valence-electron chi connectivity index (χ4n) is 2.00. The Morgan fingerprint density at radius 1 is 1.15 bits per heavy atom. The molecule has 4 heteroatoms. The largest absolute Gasteiger partial charge is 0.397 e. The van der Waals surface area contributed by atoms with Gasteiger partial charge in [0.05, 0.1) is 18.3 Å². The quantitative estimate of drug-likeness (QED) is 0.900. The van der Waals surface area contributed by atoms with Crippen molar-refractivity contribution in [2.24, 2.45) is 0 Å². The molecule has 0 unspecified atom stereocenters. The van der Waals surface area contributed by atoms with Crippen molar-refractivity contribution in [2.45, 2.75) is 27.2 Å². The van der Waals surface area contributed by atoms with Gasteiger partial charge in [0.2, 0.25) is 5.91 Å². The third-order valence-corrected chi connectivity index (χ3v) is 3.29. The van der Waals surface area contributed by atoms with Crippen LogP contribution >= 0.6 is 0 Å². The molecule has 0 bridgehead atoms. The van der Waals surface area contributed by atoms with Gasteiger partial charge in [-0.1, -0.05) is 18.2 Å². The smallest absolute Gasteiger partial charge is 0.229 e. The molecule has 2 aromatic rings. The topological polar surface area (TPSA) is 68.0 Å². The third kappa shape index (κ3) is 3.35. The van der Waals surface area contributed by atoms with Crippen LogP contribution < -0.4 is 11.1 Å². The average molecular weight is 269 g/mol. The van der Waals surface area contributed by atoms with Crippen LogP contribution in [-0.4, -0.2) is 10.9 Å². The van der Waals surface area contributed by atoms with Crippen LogP contribution in [0.2, 0.25) is 0 Å². The monoisotopic (exact) mass is 269 g/mol. The summed E-state index contributed by atoms with van der Waals surface area (Å²) in [5.74, 6) is 0.488. The van der Waals surface area contributed by atoms with Crippen LogP contribution in [0, 0.1) is 20.8 Å². The van der Waals surface area contributed by atoms with E-state index in [-0.39, 0.29) is 5.91 Å². The van der Waals surface area contributed by atoms with Crippen molar-refractivity contribution in [3.8, 4) is 0 Å². The van der Waals surface area contributed by atoms with Crippen molar-refractivity contribution < 1.29 is 4.79 Å². The zero-order chi connectivity index (χ0) is 14.7. The molecule has 0 spiro atoms. The van der Waals surface area contributed by atoms with E-state index in [1.165, 1.54) is 11.1 Å². The Morgan fingerprint density at radius 3 is 2.55 bits per heavy atom. The van der Waals surface area contributed by atoms with Gasteiger partial charge in [0.15, 0.2) is 0 Å².